The average molecular weight is 264 g/mol. The van der Waals surface area contributed by atoms with E-state index in [1.54, 1.807) is 0 Å². The third-order valence-electron chi connectivity index (χ3n) is 3.71. The van der Waals surface area contributed by atoms with Crippen molar-refractivity contribution in [1.82, 2.24) is 4.90 Å². The molecule has 0 aliphatic carbocycles. The molecule has 0 saturated carbocycles. The number of benzene rings is 1. The van der Waals surface area contributed by atoms with Gasteiger partial charge in [0.2, 0.25) is 0 Å². The van der Waals surface area contributed by atoms with E-state index in [2.05, 4.69) is 18.9 Å². The highest BCUT2D eigenvalue weighted by molar-refractivity contribution is 5.47. The van der Waals surface area contributed by atoms with E-state index in [-0.39, 0.29) is 0 Å². The monoisotopic (exact) mass is 264 g/mol. The van der Waals surface area contributed by atoms with Crippen LogP contribution in [0.2, 0.25) is 0 Å². The van der Waals surface area contributed by atoms with Gasteiger partial charge in [-0.05, 0) is 45.5 Å². The van der Waals surface area contributed by atoms with Crippen LogP contribution < -0.4 is 10.5 Å². The fraction of sp³-hybridized carbons (Fsp3) is 0.600. The minimum Gasteiger partial charge on any atom is -0.494 e. The lowest BCUT2D eigenvalue weighted by molar-refractivity contribution is 0.0811. The van der Waals surface area contributed by atoms with Gasteiger partial charge in [0.25, 0.3) is 0 Å². The second-order valence-electron chi connectivity index (χ2n) is 5.15. The van der Waals surface area contributed by atoms with E-state index in [1.165, 1.54) is 0 Å². The summed E-state index contributed by atoms with van der Waals surface area (Å²) in [5.74, 6) is 0.926. The lowest BCUT2D eigenvalue weighted by Gasteiger charge is -2.27. The maximum absolute atomic E-state index is 5.88. The third-order valence-corrected chi connectivity index (χ3v) is 3.71. The molecule has 0 radical (unpaired) electrons. The molecule has 106 valence electrons. The quantitative estimate of drug-likeness (QED) is 0.829. The lowest BCUT2D eigenvalue weighted by atomic mass is 10.1. The molecule has 0 spiro atoms. The van der Waals surface area contributed by atoms with Crippen LogP contribution >= 0.6 is 0 Å². The zero-order chi connectivity index (χ0) is 13.8. The van der Waals surface area contributed by atoms with Crippen LogP contribution in [0.3, 0.4) is 0 Å². The Kier molecular flexibility index (Phi) is 4.66. The van der Waals surface area contributed by atoms with E-state index >= 15 is 0 Å². The first-order valence-electron chi connectivity index (χ1n) is 6.95. The molecule has 1 aromatic rings. The molecule has 1 fully saturated rings. The van der Waals surface area contributed by atoms with Gasteiger partial charge in [-0.25, -0.2) is 0 Å². The predicted molar refractivity (Wildman–Crippen MR) is 77.3 cm³/mol. The van der Waals surface area contributed by atoms with Crippen molar-refractivity contribution in [1.29, 1.82) is 0 Å². The van der Waals surface area contributed by atoms with Crippen LogP contribution in [0.4, 0.5) is 5.69 Å². The van der Waals surface area contributed by atoms with E-state index in [0.717, 1.165) is 36.6 Å². The number of rotatable bonds is 5. The molecule has 0 aromatic heterocycles. The minimum absolute atomic E-state index is 0.293. The minimum atomic E-state index is 0.293. The number of nitrogens with zero attached hydrogens (tertiary/aromatic N) is 1. The van der Waals surface area contributed by atoms with Crippen molar-refractivity contribution in [3.05, 3.63) is 23.8 Å². The van der Waals surface area contributed by atoms with Gasteiger partial charge in [-0.1, -0.05) is 0 Å². The lowest BCUT2D eigenvalue weighted by Crippen LogP contribution is -2.36. The largest absolute Gasteiger partial charge is 0.494 e. The van der Waals surface area contributed by atoms with Crippen molar-refractivity contribution in [2.45, 2.75) is 39.0 Å². The summed E-state index contributed by atoms with van der Waals surface area (Å²) in [7, 11) is 2.13. The number of hydrogen-bond donors (Lipinski definition) is 1. The van der Waals surface area contributed by atoms with E-state index in [9.17, 15) is 0 Å². The van der Waals surface area contributed by atoms with Gasteiger partial charge in [0.15, 0.2) is 0 Å². The SMILES string of the molecule is CCOc1ccc(N)cc1CN(C)C1CCOC1C. The standard InChI is InChI=1S/C15H24N2O2/c1-4-18-15-6-5-13(16)9-12(15)10-17(3)14-7-8-19-11(14)2/h5-6,9,11,14H,4,7-8,10,16H2,1-3H3. The van der Waals surface area contributed by atoms with Crippen LogP contribution in [-0.4, -0.2) is 37.3 Å². The second kappa shape index (κ2) is 6.26. The molecule has 2 rings (SSSR count). The van der Waals surface area contributed by atoms with E-state index in [4.69, 9.17) is 15.2 Å². The molecular formula is C15H24N2O2. The fourth-order valence-corrected chi connectivity index (χ4v) is 2.70. The highest BCUT2D eigenvalue weighted by atomic mass is 16.5. The van der Waals surface area contributed by atoms with Gasteiger partial charge < -0.3 is 15.2 Å². The first-order chi connectivity index (χ1) is 9.11. The normalized spacial score (nSPS) is 22.9. The molecule has 1 heterocycles. The van der Waals surface area contributed by atoms with Gasteiger partial charge in [-0.2, -0.15) is 0 Å². The molecule has 0 amide bonds. The predicted octanol–water partition coefficient (Wildman–Crippen LogP) is 2.28. The van der Waals surface area contributed by atoms with Crippen LogP contribution in [-0.2, 0) is 11.3 Å². The van der Waals surface area contributed by atoms with Crippen molar-refractivity contribution in [3.8, 4) is 5.75 Å². The van der Waals surface area contributed by atoms with E-state index in [0.29, 0.717) is 18.8 Å². The Morgan fingerprint density at radius 1 is 1.47 bits per heavy atom. The van der Waals surface area contributed by atoms with Gasteiger partial charge in [-0.3, -0.25) is 4.90 Å². The van der Waals surface area contributed by atoms with Gasteiger partial charge in [0, 0.05) is 30.4 Å². The molecule has 1 aromatic carbocycles. The van der Waals surface area contributed by atoms with Crippen molar-refractivity contribution in [2.75, 3.05) is 26.0 Å². The maximum Gasteiger partial charge on any atom is 0.123 e. The summed E-state index contributed by atoms with van der Waals surface area (Å²) in [5.41, 5.74) is 7.80. The molecular weight excluding hydrogens is 240 g/mol. The summed E-state index contributed by atoms with van der Waals surface area (Å²) in [6.07, 6.45) is 1.38. The Morgan fingerprint density at radius 3 is 2.89 bits per heavy atom. The van der Waals surface area contributed by atoms with E-state index < -0.39 is 0 Å². The molecule has 4 heteroatoms. The number of ether oxygens (including phenoxy) is 2. The Balaban J connectivity index is 2.10. The first-order valence-corrected chi connectivity index (χ1v) is 6.95. The molecule has 2 N–H and O–H groups in total. The van der Waals surface area contributed by atoms with Gasteiger partial charge >= 0.3 is 0 Å². The Labute approximate surface area is 115 Å². The van der Waals surface area contributed by atoms with Crippen molar-refractivity contribution < 1.29 is 9.47 Å². The second-order valence-corrected chi connectivity index (χ2v) is 5.15. The highest BCUT2D eigenvalue weighted by Gasteiger charge is 2.28. The molecule has 1 saturated heterocycles. The summed E-state index contributed by atoms with van der Waals surface area (Å²) in [5, 5.41) is 0. The maximum atomic E-state index is 5.88. The fourth-order valence-electron chi connectivity index (χ4n) is 2.70. The Morgan fingerprint density at radius 2 is 2.26 bits per heavy atom. The van der Waals surface area contributed by atoms with Crippen LogP contribution in [0.5, 0.6) is 5.75 Å². The molecule has 2 atom stereocenters. The van der Waals surface area contributed by atoms with Crippen LogP contribution in [0.15, 0.2) is 18.2 Å². The number of hydrogen-bond acceptors (Lipinski definition) is 4. The van der Waals surface area contributed by atoms with Crippen molar-refractivity contribution in [3.63, 3.8) is 0 Å². The molecule has 4 nitrogen and oxygen atoms in total. The molecule has 0 bridgehead atoms. The smallest absolute Gasteiger partial charge is 0.123 e. The topological polar surface area (TPSA) is 47.7 Å². The third kappa shape index (κ3) is 3.39. The van der Waals surface area contributed by atoms with Gasteiger partial charge in [-0.15, -0.1) is 0 Å². The summed E-state index contributed by atoms with van der Waals surface area (Å²) >= 11 is 0. The van der Waals surface area contributed by atoms with Crippen LogP contribution in [0, 0.1) is 0 Å². The highest BCUT2D eigenvalue weighted by Crippen LogP contribution is 2.26. The van der Waals surface area contributed by atoms with E-state index in [1.807, 2.05) is 25.1 Å². The number of anilines is 1. The van der Waals surface area contributed by atoms with Gasteiger partial charge in [0.1, 0.15) is 5.75 Å². The Hall–Kier alpha value is -1.26. The van der Waals surface area contributed by atoms with Gasteiger partial charge in [0.05, 0.1) is 12.7 Å². The number of nitrogens with two attached hydrogens (primary N) is 1. The Bertz CT molecular complexity index is 423. The van der Waals surface area contributed by atoms with Crippen LogP contribution in [0.1, 0.15) is 25.8 Å². The zero-order valence-corrected chi connectivity index (χ0v) is 12.1. The number of likely N-dealkylation sites (N-methyl/N-ethyl adjacent to an activating group) is 1. The van der Waals surface area contributed by atoms with Crippen molar-refractivity contribution >= 4 is 5.69 Å². The zero-order valence-electron chi connectivity index (χ0n) is 12.1. The summed E-state index contributed by atoms with van der Waals surface area (Å²) in [6.45, 7) is 6.49. The first kappa shape index (κ1) is 14.2. The summed E-state index contributed by atoms with van der Waals surface area (Å²) in [4.78, 5) is 2.33. The summed E-state index contributed by atoms with van der Waals surface area (Å²) < 4.78 is 11.3. The molecule has 1 aliphatic rings. The number of nitrogen functional groups attached to an aromatic ring is 1. The molecule has 19 heavy (non-hydrogen) atoms. The molecule has 1 aliphatic heterocycles. The molecule has 2 unspecified atom stereocenters. The average Bonchev–Trinajstić information content (AvgIpc) is 2.79. The van der Waals surface area contributed by atoms with Crippen molar-refractivity contribution in [2.24, 2.45) is 0 Å². The van der Waals surface area contributed by atoms with Crippen LogP contribution in [0.25, 0.3) is 0 Å². The summed E-state index contributed by atoms with van der Waals surface area (Å²) in [6, 6.07) is 6.31.